The van der Waals surface area contributed by atoms with Gasteiger partial charge in [-0.05, 0) is 74.2 Å². The molecule has 10 nitrogen and oxygen atoms in total. The average molecular weight is 609 g/mol. The number of carbonyl (C=O) groups excluding carboxylic acids is 2. The lowest BCUT2D eigenvalue weighted by atomic mass is 9.90. The summed E-state index contributed by atoms with van der Waals surface area (Å²) < 4.78 is 1.72. The molecule has 2 aromatic heterocycles. The number of thiazole rings is 1. The van der Waals surface area contributed by atoms with Gasteiger partial charge in [0, 0.05) is 35.4 Å². The van der Waals surface area contributed by atoms with Crippen molar-refractivity contribution in [3.05, 3.63) is 93.7 Å². The highest BCUT2D eigenvalue weighted by molar-refractivity contribution is 7.13. The van der Waals surface area contributed by atoms with Crippen LogP contribution in [0.15, 0.2) is 66.3 Å². The van der Waals surface area contributed by atoms with Crippen LogP contribution in [0.3, 0.4) is 0 Å². The molecule has 2 amide bonds. The Morgan fingerprint density at radius 1 is 1.10 bits per heavy atom. The van der Waals surface area contributed by atoms with E-state index in [1.54, 1.807) is 23.9 Å². The number of rotatable bonds is 9. The van der Waals surface area contributed by atoms with Crippen LogP contribution in [0.4, 0.5) is 5.13 Å². The molecule has 0 spiro atoms. The molecule has 1 aliphatic heterocycles. The number of halogens is 1. The number of aromatic nitrogens is 3. The molecule has 0 aliphatic carbocycles. The van der Waals surface area contributed by atoms with Gasteiger partial charge in [0.05, 0.1) is 17.4 Å². The Morgan fingerprint density at radius 2 is 1.86 bits per heavy atom. The Morgan fingerprint density at radius 3 is 2.55 bits per heavy atom. The number of amides is 2. The van der Waals surface area contributed by atoms with E-state index in [1.807, 2.05) is 67.9 Å². The number of benzene rings is 2. The van der Waals surface area contributed by atoms with Crippen LogP contribution in [0, 0.1) is 0 Å². The van der Waals surface area contributed by atoms with E-state index in [2.05, 4.69) is 15.7 Å². The lowest BCUT2D eigenvalue weighted by Crippen LogP contribution is -2.53. The van der Waals surface area contributed by atoms with Crippen molar-refractivity contribution in [1.29, 1.82) is 0 Å². The van der Waals surface area contributed by atoms with E-state index < -0.39 is 36.1 Å². The first-order chi connectivity index (χ1) is 20.1. The molecule has 1 aliphatic rings. The number of carbonyl (C=O) groups is 2. The van der Waals surface area contributed by atoms with Gasteiger partial charge in [-0.1, -0.05) is 29.8 Å². The molecule has 2 aromatic carbocycles. The predicted octanol–water partition coefficient (Wildman–Crippen LogP) is 3.88. The maximum Gasteiger partial charge on any atom is 0.255 e. The fraction of sp³-hybridized carbons (Fsp3) is 0.333. The third-order valence-electron chi connectivity index (χ3n) is 7.17. The first-order valence-electron chi connectivity index (χ1n) is 13.7. The minimum Gasteiger partial charge on any atom is -0.380 e. The zero-order valence-electron chi connectivity index (χ0n) is 23.4. The Labute approximate surface area is 253 Å². The number of nitrogens with zero attached hydrogens (tertiary/aromatic N) is 4. The molecule has 0 fully saturated rings. The third-order valence-corrected chi connectivity index (χ3v) is 8.20. The van der Waals surface area contributed by atoms with Crippen LogP contribution in [0.25, 0.3) is 5.69 Å². The lowest BCUT2D eigenvalue weighted by Gasteiger charge is -2.38. The van der Waals surface area contributed by atoms with Crippen LogP contribution in [0.5, 0.6) is 0 Å². The molecule has 0 saturated heterocycles. The van der Waals surface area contributed by atoms with Gasteiger partial charge in [0.25, 0.3) is 11.8 Å². The van der Waals surface area contributed by atoms with Crippen molar-refractivity contribution >= 4 is 39.9 Å². The van der Waals surface area contributed by atoms with Crippen LogP contribution in [0.2, 0.25) is 5.02 Å². The molecule has 0 radical (unpaired) electrons. The minimum atomic E-state index is -1.97. The molecule has 42 heavy (non-hydrogen) atoms. The summed E-state index contributed by atoms with van der Waals surface area (Å²) in [5.41, 5.74) is 4.07. The molecule has 4 N–H and O–H groups in total. The van der Waals surface area contributed by atoms with Crippen molar-refractivity contribution in [2.24, 2.45) is 0 Å². The fourth-order valence-corrected chi connectivity index (χ4v) is 6.12. The van der Waals surface area contributed by atoms with Crippen LogP contribution >= 0.6 is 22.9 Å². The molecule has 0 saturated carbocycles. The Kier molecular flexibility index (Phi) is 8.93. The van der Waals surface area contributed by atoms with E-state index >= 15 is 0 Å². The van der Waals surface area contributed by atoms with E-state index in [4.69, 9.17) is 16.6 Å². The van der Waals surface area contributed by atoms with Crippen molar-refractivity contribution in [1.82, 2.24) is 25.0 Å². The highest BCUT2D eigenvalue weighted by atomic mass is 35.5. The van der Waals surface area contributed by atoms with Gasteiger partial charge in [-0.3, -0.25) is 9.59 Å². The second-order valence-corrected chi connectivity index (χ2v) is 11.9. The first-order valence-corrected chi connectivity index (χ1v) is 15.0. The summed E-state index contributed by atoms with van der Waals surface area (Å²) in [5.74, 6) is -1.61. The van der Waals surface area contributed by atoms with Crippen molar-refractivity contribution in [3.63, 3.8) is 0 Å². The van der Waals surface area contributed by atoms with Crippen LogP contribution in [0.1, 0.15) is 55.2 Å². The number of nitrogens with one attached hydrogen (secondary N) is 2. The largest absolute Gasteiger partial charge is 0.380 e. The van der Waals surface area contributed by atoms with Crippen LogP contribution in [-0.4, -0.2) is 66.5 Å². The first kappa shape index (κ1) is 29.7. The number of aliphatic hydroxyl groups excluding tert-OH is 2. The number of fused-ring (bicyclic) bond motifs is 1. The summed E-state index contributed by atoms with van der Waals surface area (Å²) in [6.45, 7) is 6.03. The molecule has 4 atom stereocenters. The summed E-state index contributed by atoms with van der Waals surface area (Å²) in [4.78, 5) is 32.8. The van der Waals surface area contributed by atoms with Gasteiger partial charge in [0.2, 0.25) is 0 Å². The zero-order chi connectivity index (χ0) is 30.0. The molecular formula is C30H33ClN6O4S. The summed E-state index contributed by atoms with van der Waals surface area (Å²) in [6, 6.07) is 13.8. The molecule has 1 unspecified atom stereocenters. The number of hydrogen-bond acceptors (Lipinski definition) is 8. The number of anilines is 1. The van der Waals surface area contributed by atoms with E-state index in [0.717, 1.165) is 22.4 Å². The number of hydrogen-bond donors (Lipinski definition) is 4. The molecule has 3 heterocycles. The topological polar surface area (TPSA) is 133 Å². The second kappa shape index (κ2) is 12.6. The maximum atomic E-state index is 13.7. The predicted molar refractivity (Wildman–Crippen MR) is 162 cm³/mol. The van der Waals surface area contributed by atoms with Gasteiger partial charge < -0.3 is 25.7 Å². The SMILES string of the molecule is CC(C)Nc1nc(C2c3ccc(Cl)cc3CCN2C(=O)[C@H](O)[C@@H](O)C(=O)N[C@H](C)c2ccc(-n3cccn3)cc2)cs1. The minimum absolute atomic E-state index is 0.173. The normalized spacial score (nSPS) is 16.9. The molecule has 220 valence electrons. The van der Waals surface area contributed by atoms with Crippen molar-refractivity contribution < 1.29 is 19.8 Å². The van der Waals surface area contributed by atoms with Gasteiger partial charge in [0.1, 0.15) is 6.04 Å². The highest BCUT2D eigenvalue weighted by Crippen LogP contribution is 2.38. The summed E-state index contributed by atoms with van der Waals surface area (Å²) in [7, 11) is 0. The quantitative estimate of drug-likeness (QED) is 0.227. The Bertz CT molecular complexity index is 1540. The van der Waals surface area contributed by atoms with Crippen molar-refractivity contribution in [3.8, 4) is 5.69 Å². The molecule has 0 bridgehead atoms. The second-order valence-electron chi connectivity index (χ2n) is 10.6. The third kappa shape index (κ3) is 6.34. The maximum absolute atomic E-state index is 13.7. The lowest BCUT2D eigenvalue weighted by molar-refractivity contribution is -0.155. The molecule has 4 aromatic rings. The zero-order valence-corrected chi connectivity index (χ0v) is 25.0. The molecular weight excluding hydrogens is 576 g/mol. The van der Waals surface area contributed by atoms with E-state index in [9.17, 15) is 19.8 Å². The smallest absolute Gasteiger partial charge is 0.255 e. The van der Waals surface area contributed by atoms with E-state index in [0.29, 0.717) is 22.3 Å². The molecule has 12 heteroatoms. The highest BCUT2D eigenvalue weighted by Gasteiger charge is 2.40. The standard InChI is InChI=1S/C30H33ClN6O4S/c1-17(2)33-30-35-24(16-42-30)25-23-10-7-21(31)15-20(23)11-14-36(25)29(41)27(39)26(38)28(40)34-18(3)19-5-8-22(9-6-19)37-13-4-12-32-37/h4-10,12-13,15-18,25-27,38-39H,11,14H2,1-3H3,(H,33,35)(H,34,40)/t18-,25?,26-,27-/m1/s1. The monoisotopic (exact) mass is 608 g/mol. The van der Waals surface area contributed by atoms with Gasteiger partial charge >= 0.3 is 0 Å². The van der Waals surface area contributed by atoms with Crippen molar-refractivity contribution in [2.75, 3.05) is 11.9 Å². The summed E-state index contributed by atoms with van der Waals surface area (Å²) >= 11 is 7.67. The molecule has 5 rings (SSSR count). The van der Waals surface area contributed by atoms with Gasteiger partial charge in [0.15, 0.2) is 17.3 Å². The average Bonchev–Trinajstić information content (AvgIpc) is 3.68. The summed E-state index contributed by atoms with van der Waals surface area (Å²) in [5, 5.41) is 35.1. The van der Waals surface area contributed by atoms with E-state index in [1.165, 1.54) is 16.2 Å². The van der Waals surface area contributed by atoms with E-state index in [-0.39, 0.29) is 12.6 Å². The Hall–Kier alpha value is -3.77. The Balaban J connectivity index is 1.31. The van der Waals surface area contributed by atoms with Gasteiger partial charge in [-0.25, -0.2) is 9.67 Å². The van der Waals surface area contributed by atoms with Gasteiger partial charge in [-0.2, -0.15) is 5.10 Å². The van der Waals surface area contributed by atoms with Gasteiger partial charge in [-0.15, -0.1) is 11.3 Å². The van der Waals surface area contributed by atoms with Crippen molar-refractivity contribution in [2.45, 2.75) is 57.5 Å². The summed E-state index contributed by atoms with van der Waals surface area (Å²) in [6.07, 6.45) is 0.0707. The number of aliphatic hydroxyl groups is 2. The fourth-order valence-electron chi connectivity index (χ4n) is 5.04. The van der Waals surface area contributed by atoms with Crippen LogP contribution in [-0.2, 0) is 16.0 Å². The van der Waals surface area contributed by atoms with Crippen LogP contribution < -0.4 is 10.6 Å².